The van der Waals surface area contributed by atoms with Gasteiger partial charge < -0.3 is 15.5 Å². The molecule has 2 aromatic rings. The smallest absolute Gasteiger partial charge is 0.282 e. The van der Waals surface area contributed by atoms with Crippen LogP contribution < -0.4 is 15.5 Å². The van der Waals surface area contributed by atoms with Crippen LogP contribution in [0, 0.1) is 20.8 Å². The van der Waals surface area contributed by atoms with E-state index in [0.717, 1.165) is 39.4 Å². The number of hydrogen-bond donors (Lipinski definition) is 3. The Morgan fingerprint density at radius 3 is 2.25 bits per heavy atom. The predicted molar refractivity (Wildman–Crippen MR) is 115 cm³/mol. The van der Waals surface area contributed by atoms with Gasteiger partial charge in [-0.1, -0.05) is 42.8 Å². The molecule has 5 nitrogen and oxygen atoms in total. The minimum Gasteiger partial charge on any atom is -0.321 e. The average molecular weight is 383 g/mol. The average Bonchev–Trinajstić information content (AvgIpc) is 2.64. The van der Waals surface area contributed by atoms with Crippen molar-refractivity contribution in [2.24, 2.45) is 0 Å². The van der Waals surface area contributed by atoms with Crippen LogP contribution in [-0.4, -0.2) is 31.4 Å². The monoisotopic (exact) mass is 382 g/mol. The van der Waals surface area contributed by atoms with Crippen LogP contribution in [-0.2, 0) is 16.0 Å². The van der Waals surface area contributed by atoms with Crippen LogP contribution in [0.2, 0.25) is 0 Å². The summed E-state index contributed by atoms with van der Waals surface area (Å²) in [6.45, 7) is 10.2. The second-order valence-corrected chi connectivity index (χ2v) is 7.57. The Labute approximate surface area is 168 Å². The van der Waals surface area contributed by atoms with E-state index < -0.39 is 0 Å². The first-order valence-electron chi connectivity index (χ1n) is 9.81. The summed E-state index contributed by atoms with van der Waals surface area (Å²) in [5, 5.41) is 6.00. The van der Waals surface area contributed by atoms with Crippen LogP contribution in [0.25, 0.3) is 0 Å². The van der Waals surface area contributed by atoms with Gasteiger partial charge in [-0.15, -0.1) is 0 Å². The van der Waals surface area contributed by atoms with Crippen molar-refractivity contribution < 1.29 is 14.5 Å². The van der Waals surface area contributed by atoms with Crippen molar-refractivity contribution >= 4 is 23.2 Å². The molecular formula is C23H32N3O2+. The lowest BCUT2D eigenvalue weighted by atomic mass is 10.0. The molecule has 0 aliphatic rings. The summed E-state index contributed by atoms with van der Waals surface area (Å²) in [4.78, 5) is 26.0. The third-order valence-corrected chi connectivity index (χ3v) is 5.17. The van der Waals surface area contributed by atoms with Gasteiger partial charge in [0.25, 0.3) is 11.8 Å². The summed E-state index contributed by atoms with van der Waals surface area (Å²) in [7, 11) is 1.87. The number of carbonyl (C=O) groups is 2. The van der Waals surface area contributed by atoms with Crippen molar-refractivity contribution in [2.45, 2.75) is 47.1 Å². The topological polar surface area (TPSA) is 62.6 Å². The van der Waals surface area contributed by atoms with Crippen LogP contribution in [0.15, 0.2) is 36.4 Å². The van der Waals surface area contributed by atoms with Crippen molar-refractivity contribution in [1.29, 1.82) is 0 Å². The Morgan fingerprint density at radius 2 is 1.64 bits per heavy atom. The highest BCUT2D eigenvalue weighted by molar-refractivity contribution is 5.96. The van der Waals surface area contributed by atoms with Gasteiger partial charge in [-0.25, -0.2) is 0 Å². The van der Waals surface area contributed by atoms with Gasteiger partial charge in [0.15, 0.2) is 12.6 Å². The molecule has 0 heterocycles. The molecule has 0 fully saturated rings. The van der Waals surface area contributed by atoms with Gasteiger partial charge in [0.2, 0.25) is 0 Å². The molecule has 0 aliphatic carbocycles. The number of amides is 2. The molecular weight excluding hydrogens is 350 g/mol. The van der Waals surface area contributed by atoms with Gasteiger partial charge in [-0.2, -0.15) is 0 Å². The van der Waals surface area contributed by atoms with Gasteiger partial charge in [0.1, 0.15) is 0 Å². The third kappa shape index (κ3) is 5.42. The van der Waals surface area contributed by atoms with Crippen molar-refractivity contribution in [3.8, 4) is 0 Å². The molecule has 2 atom stereocenters. The van der Waals surface area contributed by atoms with E-state index in [0.29, 0.717) is 0 Å². The number of para-hydroxylation sites is 1. The SMILES string of the molecule is CCc1ccccc1NC(=O)C[NH+](C)[C@@H](C)C(=O)Nc1c(C)cc(C)cc1C. The summed E-state index contributed by atoms with van der Waals surface area (Å²) >= 11 is 0. The number of likely N-dealkylation sites (N-methyl/N-ethyl adjacent to an activating group) is 1. The Bertz CT molecular complexity index is 838. The first-order valence-corrected chi connectivity index (χ1v) is 9.81. The molecule has 0 saturated carbocycles. The highest BCUT2D eigenvalue weighted by atomic mass is 16.2. The number of hydrogen-bond acceptors (Lipinski definition) is 2. The number of rotatable bonds is 7. The second kappa shape index (κ2) is 9.51. The molecule has 0 bridgehead atoms. The van der Waals surface area contributed by atoms with Crippen molar-refractivity contribution in [1.82, 2.24) is 0 Å². The zero-order valence-corrected chi connectivity index (χ0v) is 17.8. The molecule has 2 amide bonds. The standard InChI is InChI=1S/C23H31N3O2/c1-7-19-10-8-9-11-20(19)24-21(27)14-26(6)18(5)23(28)25-22-16(3)12-15(2)13-17(22)4/h8-13,18H,7,14H2,1-6H3,(H,24,27)(H,25,28)/p+1/t18-/m0/s1. The van der Waals surface area contributed by atoms with Crippen LogP contribution in [0.4, 0.5) is 11.4 Å². The highest BCUT2D eigenvalue weighted by Gasteiger charge is 2.25. The maximum Gasteiger partial charge on any atom is 0.282 e. The van der Waals surface area contributed by atoms with Gasteiger partial charge in [0.05, 0.1) is 7.05 Å². The summed E-state index contributed by atoms with van der Waals surface area (Å²) < 4.78 is 0. The van der Waals surface area contributed by atoms with Crippen LogP contribution >= 0.6 is 0 Å². The van der Waals surface area contributed by atoms with Gasteiger partial charge >= 0.3 is 0 Å². The molecule has 0 aliphatic heterocycles. The first-order chi connectivity index (χ1) is 13.2. The molecule has 2 rings (SSSR count). The summed E-state index contributed by atoms with van der Waals surface area (Å²) in [6.07, 6.45) is 0.854. The fourth-order valence-electron chi connectivity index (χ4n) is 3.38. The van der Waals surface area contributed by atoms with Gasteiger partial charge in [-0.05, 0) is 56.9 Å². The lowest BCUT2D eigenvalue weighted by Crippen LogP contribution is -3.14. The Balaban J connectivity index is 1.99. The fourth-order valence-corrected chi connectivity index (χ4v) is 3.38. The number of nitrogens with one attached hydrogen (secondary N) is 3. The molecule has 0 radical (unpaired) electrons. The first kappa shape index (κ1) is 21.6. The lowest BCUT2D eigenvalue weighted by molar-refractivity contribution is -0.885. The Kier molecular flexibility index (Phi) is 7.35. The zero-order chi connectivity index (χ0) is 20.8. The van der Waals surface area contributed by atoms with Crippen LogP contribution in [0.1, 0.15) is 36.1 Å². The third-order valence-electron chi connectivity index (χ3n) is 5.17. The van der Waals surface area contributed by atoms with Crippen molar-refractivity contribution in [3.63, 3.8) is 0 Å². The van der Waals surface area contributed by atoms with E-state index in [9.17, 15) is 9.59 Å². The molecule has 150 valence electrons. The number of benzene rings is 2. The van der Waals surface area contributed by atoms with Crippen molar-refractivity contribution in [3.05, 3.63) is 58.7 Å². The van der Waals surface area contributed by atoms with E-state index in [2.05, 4.69) is 29.7 Å². The highest BCUT2D eigenvalue weighted by Crippen LogP contribution is 2.22. The zero-order valence-electron chi connectivity index (χ0n) is 17.8. The number of carbonyl (C=O) groups excluding carboxylic acids is 2. The lowest BCUT2D eigenvalue weighted by Gasteiger charge is -2.22. The van der Waals surface area contributed by atoms with E-state index in [1.165, 1.54) is 5.56 Å². The van der Waals surface area contributed by atoms with Crippen LogP contribution in [0.3, 0.4) is 0 Å². The van der Waals surface area contributed by atoms with E-state index in [-0.39, 0.29) is 24.4 Å². The van der Waals surface area contributed by atoms with E-state index in [1.807, 2.05) is 59.0 Å². The summed E-state index contributed by atoms with van der Waals surface area (Å²) in [5.41, 5.74) is 6.06. The van der Waals surface area contributed by atoms with E-state index >= 15 is 0 Å². The minimum atomic E-state index is -0.354. The van der Waals surface area contributed by atoms with Crippen LogP contribution in [0.5, 0.6) is 0 Å². The molecule has 0 saturated heterocycles. The summed E-state index contributed by atoms with van der Waals surface area (Å²) in [5.74, 6) is -0.185. The largest absolute Gasteiger partial charge is 0.321 e. The number of anilines is 2. The molecule has 0 aromatic heterocycles. The molecule has 28 heavy (non-hydrogen) atoms. The molecule has 2 aromatic carbocycles. The van der Waals surface area contributed by atoms with Crippen molar-refractivity contribution in [2.75, 3.05) is 24.2 Å². The van der Waals surface area contributed by atoms with E-state index in [4.69, 9.17) is 0 Å². The molecule has 1 unspecified atom stereocenters. The summed E-state index contributed by atoms with van der Waals surface area (Å²) in [6, 6.07) is 11.6. The molecule has 0 spiro atoms. The second-order valence-electron chi connectivity index (χ2n) is 7.57. The van der Waals surface area contributed by atoms with Gasteiger partial charge in [0, 0.05) is 11.4 Å². The normalized spacial score (nSPS) is 12.9. The fraction of sp³-hybridized carbons (Fsp3) is 0.391. The number of aryl methyl sites for hydroxylation is 4. The quantitative estimate of drug-likeness (QED) is 0.689. The number of quaternary nitrogens is 1. The van der Waals surface area contributed by atoms with Gasteiger partial charge in [-0.3, -0.25) is 9.59 Å². The Hall–Kier alpha value is -2.66. The maximum atomic E-state index is 12.7. The Morgan fingerprint density at radius 1 is 1.04 bits per heavy atom. The van der Waals surface area contributed by atoms with E-state index in [1.54, 1.807) is 0 Å². The predicted octanol–water partition coefficient (Wildman–Crippen LogP) is 2.65. The minimum absolute atomic E-state index is 0.0886. The maximum absolute atomic E-state index is 12.7. The molecule has 3 N–H and O–H groups in total. The molecule has 5 heteroatoms.